The van der Waals surface area contributed by atoms with Crippen molar-refractivity contribution in [3.63, 3.8) is 0 Å². The highest BCUT2D eigenvalue weighted by Gasteiger charge is 2.43. The Labute approximate surface area is 94.9 Å². The van der Waals surface area contributed by atoms with Gasteiger partial charge in [-0.1, -0.05) is 12.8 Å². The van der Waals surface area contributed by atoms with Gasteiger partial charge >= 0.3 is 0 Å². The lowest BCUT2D eigenvalue weighted by Gasteiger charge is -2.41. The minimum atomic E-state index is -0.0544. The zero-order chi connectivity index (χ0) is 10.7. The second-order valence-corrected chi connectivity index (χ2v) is 4.92. The number of likely N-dealkylation sites (N-methyl/N-ethyl adjacent to an activating group) is 1. The molecule has 1 aliphatic rings. The molecule has 0 amide bonds. The number of hydrogen-bond acceptors (Lipinski definition) is 4. The normalized spacial score (nSPS) is 31.7. The van der Waals surface area contributed by atoms with E-state index in [9.17, 15) is 0 Å². The van der Waals surface area contributed by atoms with Gasteiger partial charge in [0.2, 0.25) is 0 Å². The Morgan fingerprint density at radius 2 is 2.47 bits per heavy atom. The topological polar surface area (TPSA) is 34.2 Å². The van der Waals surface area contributed by atoms with Crippen molar-refractivity contribution < 1.29 is 4.74 Å². The molecule has 1 saturated carbocycles. The summed E-state index contributed by atoms with van der Waals surface area (Å²) in [5, 5.41) is 6.64. The van der Waals surface area contributed by atoms with Crippen molar-refractivity contribution in [3.8, 4) is 0 Å². The van der Waals surface area contributed by atoms with E-state index in [0.717, 1.165) is 17.8 Å². The average molecular weight is 226 g/mol. The summed E-state index contributed by atoms with van der Waals surface area (Å²) in [6.45, 7) is 0. The highest BCUT2D eigenvalue weighted by atomic mass is 32.1. The molecule has 0 spiro atoms. The molecule has 1 N–H and O–H groups in total. The van der Waals surface area contributed by atoms with E-state index in [0.29, 0.717) is 0 Å². The Balaban J connectivity index is 2.32. The smallest absolute Gasteiger partial charge is 0.115 e. The van der Waals surface area contributed by atoms with E-state index in [1.54, 1.807) is 18.4 Å². The lowest BCUT2D eigenvalue weighted by molar-refractivity contribution is -0.0119. The third-order valence-electron chi connectivity index (χ3n) is 3.38. The maximum Gasteiger partial charge on any atom is 0.115 e. The Bertz CT molecular complexity index is 302. The molecule has 1 aromatic heterocycles. The number of aromatic nitrogens is 1. The van der Waals surface area contributed by atoms with E-state index < -0.39 is 0 Å². The second kappa shape index (κ2) is 4.60. The van der Waals surface area contributed by atoms with Gasteiger partial charge in [0, 0.05) is 18.7 Å². The van der Waals surface area contributed by atoms with Crippen LogP contribution >= 0.6 is 11.3 Å². The standard InChI is InChI=1S/C11H18N2OS/c1-12-11(10-13-7-8-15-10)6-4-3-5-9(11)14-2/h7-9,12H,3-6H2,1-2H3. The van der Waals surface area contributed by atoms with E-state index in [1.165, 1.54) is 12.8 Å². The molecule has 1 fully saturated rings. The lowest BCUT2D eigenvalue weighted by Crippen LogP contribution is -2.52. The summed E-state index contributed by atoms with van der Waals surface area (Å²) in [4.78, 5) is 4.46. The molecule has 2 unspecified atom stereocenters. The molecule has 4 heteroatoms. The molecule has 0 aliphatic heterocycles. The summed E-state index contributed by atoms with van der Waals surface area (Å²) in [5.41, 5.74) is -0.0544. The van der Waals surface area contributed by atoms with Crippen LogP contribution in [-0.2, 0) is 10.3 Å². The van der Waals surface area contributed by atoms with E-state index in [-0.39, 0.29) is 11.6 Å². The van der Waals surface area contributed by atoms with Crippen LogP contribution in [0.25, 0.3) is 0 Å². The van der Waals surface area contributed by atoms with Crippen molar-refractivity contribution in [2.75, 3.05) is 14.2 Å². The number of hydrogen-bond donors (Lipinski definition) is 1. The molecule has 2 atom stereocenters. The summed E-state index contributed by atoms with van der Waals surface area (Å²) in [6.07, 6.45) is 6.88. The van der Waals surface area contributed by atoms with Gasteiger partial charge in [0.15, 0.2) is 0 Å². The van der Waals surface area contributed by atoms with Crippen LogP contribution in [0.4, 0.5) is 0 Å². The summed E-state index contributed by atoms with van der Waals surface area (Å²) in [7, 11) is 3.81. The fourth-order valence-corrected chi connectivity index (χ4v) is 3.46. The SMILES string of the molecule is CNC1(c2nccs2)CCCCC1OC. The van der Waals surface area contributed by atoms with Gasteiger partial charge in [0.25, 0.3) is 0 Å². The number of rotatable bonds is 3. The van der Waals surface area contributed by atoms with Crippen molar-refractivity contribution in [2.24, 2.45) is 0 Å². The van der Waals surface area contributed by atoms with Crippen LogP contribution in [0.3, 0.4) is 0 Å². The van der Waals surface area contributed by atoms with E-state index in [4.69, 9.17) is 4.74 Å². The molecular weight excluding hydrogens is 208 g/mol. The largest absolute Gasteiger partial charge is 0.379 e. The summed E-state index contributed by atoms with van der Waals surface area (Å²) < 4.78 is 5.63. The van der Waals surface area contributed by atoms with Crippen molar-refractivity contribution in [1.29, 1.82) is 0 Å². The van der Waals surface area contributed by atoms with Crippen LogP contribution in [0, 0.1) is 0 Å². The van der Waals surface area contributed by atoms with Gasteiger partial charge in [0.1, 0.15) is 5.01 Å². The monoisotopic (exact) mass is 226 g/mol. The van der Waals surface area contributed by atoms with Crippen LogP contribution in [-0.4, -0.2) is 25.2 Å². The zero-order valence-electron chi connectivity index (χ0n) is 9.32. The maximum absolute atomic E-state index is 5.63. The third kappa shape index (κ3) is 1.82. The molecule has 0 bridgehead atoms. The summed E-state index contributed by atoms with van der Waals surface area (Å²) >= 11 is 1.72. The Morgan fingerprint density at radius 3 is 3.07 bits per heavy atom. The van der Waals surface area contributed by atoms with Crippen LogP contribution in [0.2, 0.25) is 0 Å². The molecule has 0 aromatic carbocycles. The van der Waals surface area contributed by atoms with E-state index >= 15 is 0 Å². The maximum atomic E-state index is 5.63. The van der Waals surface area contributed by atoms with Crippen molar-refractivity contribution in [2.45, 2.75) is 37.3 Å². The average Bonchev–Trinajstić information content (AvgIpc) is 2.82. The number of methoxy groups -OCH3 is 1. The fraction of sp³-hybridized carbons (Fsp3) is 0.727. The molecule has 1 aromatic rings. The quantitative estimate of drug-likeness (QED) is 0.857. The van der Waals surface area contributed by atoms with Gasteiger partial charge in [-0.25, -0.2) is 4.98 Å². The first-order chi connectivity index (χ1) is 7.33. The molecular formula is C11H18N2OS. The predicted molar refractivity (Wildman–Crippen MR) is 62.1 cm³/mol. The third-order valence-corrected chi connectivity index (χ3v) is 4.33. The zero-order valence-corrected chi connectivity index (χ0v) is 10.1. The number of nitrogens with zero attached hydrogens (tertiary/aromatic N) is 1. The number of ether oxygens (including phenoxy) is 1. The first kappa shape index (κ1) is 11.0. The first-order valence-corrected chi connectivity index (χ1v) is 6.33. The fourth-order valence-electron chi connectivity index (χ4n) is 2.54. The Kier molecular flexibility index (Phi) is 3.38. The molecule has 3 nitrogen and oxygen atoms in total. The summed E-state index contributed by atoms with van der Waals surface area (Å²) in [6, 6.07) is 0. The van der Waals surface area contributed by atoms with Crippen molar-refractivity contribution >= 4 is 11.3 Å². The van der Waals surface area contributed by atoms with Crippen LogP contribution < -0.4 is 5.32 Å². The number of thiazole rings is 1. The molecule has 1 aliphatic carbocycles. The lowest BCUT2D eigenvalue weighted by atomic mass is 9.79. The van der Waals surface area contributed by atoms with Gasteiger partial charge in [-0.05, 0) is 19.9 Å². The molecule has 1 heterocycles. The van der Waals surface area contributed by atoms with E-state index in [2.05, 4.69) is 10.3 Å². The minimum Gasteiger partial charge on any atom is -0.379 e. The van der Waals surface area contributed by atoms with Crippen LogP contribution in [0.1, 0.15) is 30.7 Å². The van der Waals surface area contributed by atoms with Crippen molar-refractivity contribution in [3.05, 3.63) is 16.6 Å². The number of nitrogens with one attached hydrogen (secondary N) is 1. The van der Waals surface area contributed by atoms with Gasteiger partial charge < -0.3 is 10.1 Å². The van der Waals surface area contributed by atoms with Crippen LogP contribution in [0.15, 0.2) is 11.6 Å². The molecule has 2 rings (SSSR count). The van der Waals surface area contributed by atoms with Crippen LogP contribution in [0.5, 0.6) is 0 Å². The van der Waals surface area contributed by atoms with Gasteiger partial charge in [0.05, 0.1) is 11.6 Å². The molecule has 0 radical (unpaired) electrons. The predicted octanol–water partition coefficient (Wildman–Crippen LogP) is 2.15. The van der Waals surface area contributed by atoms with E-state index in [1.807, 2.05) is 18.6 Å². The highest BCUT2D eigenvalue weighted by Crippen LogP contribution is 2.39. The second-order valence-electron chi connectivity index (χ2n) is 4.03. The van der Waals surface area contributed by atoms with Gasteiger partial charge in [-0.3, -0.25) is 0 Å². The molecule has 0 saturated heterocycles. The molecule has 84 valence electrons. The van der Waals surface area contributed by atoms with Gasteiger partial charge in [-0.2, -0.15) is 0 Å². The van der Waals surface area contributed by atoms with Gasteiger partial charge in [-0.15, -0.1) is 11.3 Å². The Morgan fingerprint density at radius 1 is 1.60 bits per heavy atom. The minimum absolute atomic E-state index is 0.0544. The van der Waals surface area contributed by atoms with Crippen molar-refractivity contribution in [1.82, 2.24) is 10.3 Å². The highest BCUT2D eigenvalue weighted by molar-refractivity contribution is 7.09. The summed E-state index contributed by atoms with van der Waals surface area (Å²) in [5.74, 6) is 0. The Hall–Kier alpha value is -0.450. The molecule has 15 heavy (non-hydrogen) atoms. The first-order valence-electron chi connectivity index (χ1n) is 5.45.